The lowest BCUT2D eigenvalue weighted by Gasteiger charge is -2.27. The zero-order valence-corrected chi connectivity index (χ0v) is 14.1. The van der Waals surface area contributed by atoms with Gasteiger partial charge in [0.1, 0.15) is 4.90 Å². The minimum absolute atomic E-state index is 0.00212. The second-order valence-electron chi connectivity index (χ2n) is 6.57. The van der Waals surface area contributed by atoms with Crippen molar-refractivity contribution in [2.45, 2.75) is 64.4 Å². The summed E-state index contributed by atoms with van der Waals surface area (Å²) in [7, 11) is -3.55. The van der Waals surface area contributed by atoms with E-state index in [0.29, 0.717) is 29.4 Å². The van der Waals surface area contributed by atoms with Gasteiger partial charge in [0.2, 0.25) is 10.0 Å². The van der Waals surface area contributed by atoms with Crippen LogP contribution >= 0.6 is 0 Å². The summed E-state index contributed by atoms with van der Waals surface area (Å²) in [5, 5.41) is 4.29. The Morgan fingerprint density at radius 3 is 2.62 bits per heavy atom. The van der Waals surface area contributed by atoms with Crippen molar-refractivity contribution in [1.29, 1.82) is 0 Å². The molecule has 1 aromatic rings. The summed E-state index contributed by atoms with van der Waals surface area (Å²) >= 11 is 0. The lowest BCUT2D eigenvalue weighted by molar-refractivity contribution is 0.313. The molecule has 1 saturated carbocycles. The van der Waals surface area contributed by atoms with Crippen LogP contribution in [0.5, 0.6) is 0 Å². The highest BCUT2D eigenvalue weighted by Crippen LogP contribution is 2.38. The molecular weight excluding hydrogens is 288 g/mol. The lowest BCUT2D eigenvalue weighted by Crippen LogP contribution is -2.41. The molecular formula is C14H26N4O2S. The van der Waals surface area contributed by atoms with E-state index in [4.69, 9.17) is 5.73 Å². The maximum absolute atomic E-state index is 12.7. The number of nitrogens with zero attached hydrogens (tertiary/aromatic N) is 2. The summed E-state index contributed by atoms with van der Waals surface area (Å²) in [4.78, 5) is 0.304. The molecule has 6 nitrogen and oxygen atoms in total. The van der Waals surface area contributed by atoms with Crippen molar-refractivity contribution in [3.8, 4) is 0 Å². The third-order valence-corrected chi connectivity index (χ3v) is 6.20. The molecule has 7 heteroatoms. The fourth-order valence-electron chi connectivity index (χ4n) is 3.20. The van der Waals surface area contributed by atoms with Gasteiger partial charge < -0.3 is 5.73 Å². The molecule has 2 rings (SSSR count). The molecule has 1 heterocycles. The number of rotatable bonds is 5. The van der Waals surface area contributed by atoms with Crippen LogP contribution in [0, 0.1) is 19.3 Å². The fourth-order valence-corrected chi connectivity index (χ4v) is 5.05. The molecule has 3 N–H and O–H groups in total. The second kappa shape index (κ2) is 5.70. The minimum Gasteiger partial charge on any atom is -0.329 e. The molecule has 0 bridgehead atoms. The van der Waals surface area contributed by atoms with Crippen LogP contribution in [-0.4, -0.2) is 30.8 Å². The summed E-state index contributed by atoms with van der Waals surface area (Å²) in [6, 6.07) is -0.0147. The topological polar surface area (TPSA) is 90.0 Å². The number of nitrogens with one attached hydrogen (secondary N) is 1. The fraction of sp³-hybridized carbons (Fsp3) is 0.786. The van der Waals surface area contributed by atoms with Gasteiger partial charge in [-0.15, -0.1) is 0 Å². The lowest BCUT2D eigenvalue weighted by atomic mass is 9.88. The number of aryl methyl sites for hydroxylation is 1. The summed E-state index contributed by atoms with van der Waals surface area (Å²) in [5.41, 5.74) is 6.73. The number of nitrogens with two attached hydrogens (primary N) is 1. The number of sulfonamides is 1. The Morgan fingerprint density at radius 2 is 2.10 bits per heavy atom. The average molecular weight is 314 g/mol. The van der Waals surface area contributed by atoms with Gasteiger partial charge in [0.15, 0.2) is 0 Å². The Balaban J connectivity index is 2.32. The predicted octanol–water partition coefficient (Wildman–Crippen LogP) is 1.32. The molecule has 21 heavy (non-hydrogen) atoms. The van der Waals surface area contributed by atoms with E-state index >= 15 is 0 Å². The predicted molar refractivity (Wildman–Crippen MR) is 82.5 cm³/mol. The molecule has 1 unspecified atom stereocenters. The van der Waals surface area contributed by atoms with Crippen molar-refractivity contribution in [2.24, 2.45) is 11.1 Å². The van der Waals surface area contributed by atoms with Crippen molar-refractivity contribution in [2.75, 3.05) is 6.54 Å². The summed E-state index contributed by atoms with van der Waals surface area (Å²) in [5.74, 6) is 0. The first-order chi connectivity index (χ1) is 9.69. The first-order valence-corrected chi connectivity index (χ1v) is 8.94. The van der Waals surface area contributed by atoms with Gasteiger partial charge in [0, 0.05) is 12.6 Å². The molecule has 1 aliphatic carbocycles. The molecule has 0 saturated heterocycles. The molecule has 0 spiro atoms. The van der Waals surface area contributed by atoms with Gasteiger partial charge in [0.05, 0.1) is 17.9 Å². The molecule has 1 aromatic heterocycles. The Hall–Kier alpha value is -0.920. The first kappa shape index (κ1) is 16.5. The number of hydrogen-bond acceptors (Lipinski definition) is 4. The Bertz CT molecular complexity index is 619. The minimum atomic E-state index is -3.55. The molecule has 0 radical (unpaired) electrons. The zero-order valence-electron chi connectivity index (χ0n) is 13.3. The number of aromatic nitrogens is 2. The summed E-state index contributed by atoms with van der Waals surface area (Å²) < 4.78 is 30.0. The third kappa shape index (κ3) is 3.14. The van der Waals surface area contributed by atoms with E-state index in [2.05, 4.69) is 23.7 Å². The maximum atomic E-state index is 12.7. The van der Waals surface area contributed by atoms with Crippen molar-refractivity contribution in [1.82, 2.24) is 14.5 Å². The molecule has 1 aliphatic rings. The Kier molecular flexibility index (Phi) is 4.46. The molecule has 0 aliphatic heterocycles. The van der Waals surface area contributed by atoms with E-state index in [-0.39, 0.29) is 11.5 Å². The standard InChI is InChI=1S/C14H26N4O2S/c1-10-13(11(2)18(16-10)9-8-15)21(19,20)17-12-6-5-7-14(12,3)4/h12,17H,5-9,15H2,1-4H3. The van der Waals surface area contributed by atoms with Gasteiger partial charge in [-0.25, -0.2) is 13.1 Å². The SMILES string of the molecule is Cc1nn(CCN)c(C)c1S(=O)(=O)NC1CCCC1(C)C. The van der Waals surface area contributed by atoms with Crippen LogP contribution in [0.4, 0.5) is 0 Å². The molecule has 120 valence electrons. The van der Waals surface area contributed by atoms with Gasteiger partial charge in [-0.3, -0.25) is 4.68 Å². The van der Waals surface area contributed by atoms with Crippen molar-refractivity contribution in [3.63, 3.8) is 0 Å². The zero-order chi connectivity index (χ0) is 15.8. The average Bonchev–Trinajstić information content (AvgIpc) is 2.81. The van der Waals surface area contributed by atoms with Crippen LogP contribution in [0.3, 0.4) is 0 Å². The van der Waals surface area contributed by atoms with Crippen molar-refractivity contribution >= 4 is 10.0 Å². The van der Waals surface area contributed by atoms with Crippen LogP contribution < -0.4 is 10.5 Å². The second-order valence-corrected chi connectivity index (χ2v) is 8.22. The Labute approximate surface area is 127 Å². The van der Waals surface area contributed by atoms with Crippen LogP contribution in [-0.2, 0) is 16.6 Å². The molecule has 1 fully saturated rings. The van der Waals surface area contributed by atoms with Gasteiger partial charge in [-0.1, -0.05) is 20.3 Å². The van der Waals surface area contributed by atoms with E-state index in [9.17, 15) is 8.42 Å². The van der Waals surface area contributed by atoms with Gasteiger partial charge in [0.25, 0.3) is 0 Å². The van der Waals surface area contributed by atoms with Crippen LogP contribution in [0.15, 0.2) is 4.90 Å². The van der Waals surface area contributed by atoms with E-state index < -0.39 is 10.0 Å². The highest BCUT2D eigenvalue weighted by Gasteiger charge is 2.38. The monoisotopic (exact) mass is 314 g/mol. The summed E-state index contributed by atoms with van der Waals surface area (Å²) in [6.45, 7) is 8.70. The van der Waals surface area contributed by atoms with E-state index in [1.165, 1.54) is 0 Å². The van der Waals surface area contributed by atoms with Gasteiger partial charge in [-0.05, 0) is 32.1 Å². The highest BCUT2D eigenvalue weighted by molar-refractivity contribution is 7.89. The molecule has 0 aromatic carbocycles. The number of hydrogen-bond donors (Lipinski definition) is 2. The van der Waals surface area contributed by atoms with E-state index in [1.807, 2.05) is 0 Å². The quantitative estimate of drug-likeness (QED) is 0.857. The molecule has 1 atom stereocenters. The smallest absolute Gasteiger partial charge is 0.244 e. The largest absolute Gasteiger partial charge is 0.329 e. The summed E-state index contributed by atoms with van der Waals surface area (Å²) in [6.07, 6.45) is 3.00. The third-order valence-electron chi connectivity index (χ3n) is 4.48. The maximum Gasteiger partial charge on any atom is 0.244 e. The van der Waals surface area contributed by atoms with E-state index in [1.54, 1.807) is 18.5 Å². The van der Waals surface area contributed by atoms with Crippen LogP contribution in [0.2, 0.25) is 0 Å². The molecule has 0 amide bonds. The normalized spacial score (nSPS) is 21.9. The van der Waals surface area contributed by atoms with Crippen LogP contribution in [0.1, 0.15) is 44.5 Å². The van der Waals surface area contributed by atoms with E-state index in [0.717, 1.165) is 19.3 Å². The van der Waals surface area contributed by atoms with Gasteiger partial charge >= 0.3 is 0 Å². The highest BCUT2D eigenvalue weighted by atomic mass is 32.2. The van der Waals surface area contributed by atoms with Crippen LogP contribution in [0.25, 0.3) is 0 Å². The van der Waals surface area contributed by atoms with Crippen molar-refractivity contribution < 1.29 is 8.42 Å². The Morgan fingerprint density at radius 1 is 1.43 bits per heavy atom. The first-order valence-electron chi connectivity index (χ1n) is 7.45. The van der Waals surface area contributed by atoms with Crippen molar-refractivity contribution in [3.05, 3.63) is 11.4 Å². The van der Waals surface area contributed by atoms with Gasteiger partial charge in [-0.2, -0.15) is 5.10 Å².